The first-order valence-electron chi connectivity index (χ1n) is 5.42. The van der Waals surface area contributed by atoms with Gasteiger partial charge in [0.05, 0.1) is 0 Å². The number of carbonyl (C=O) groups is 1. The summed E-state index contributed by atoms with van der Waals surface area (Å²) in [5.74, 6) is 0. The van der Waals surface area contributed by atoms with Crippen molar-refractivity contribution in [2.75, 3.05) is 0 Å². The van der Waals surface area contributed by atoms with E-state index in [1.807, 2.05) is 6.92 Å². The third-order valence-corrected chi connectivity index (χ3v) is 2.65. The Kier molecular flexibility index (Phi) is 4.50. The molecule has 1 fully saturated rings. The Labute approximate surface area is 86.0 Å². The smallest absolute Gasteiger partial charge is 0.315 e. The zero-order chi connectivity index (χ0) is 10.4. The maximum absolute atomic E-state index is 11.4. The van der Waals surface area contributed by atoms with Crippen LogP contribution in [0.15, 0.2) is 12.7 Å². The van der Waals surface area contributed by atoms with Crippen molar-refractivity contribution in [3.05, 3.63) is 12.7 Å². The highest BCUT2D eigenvalue weighted by Gasteiger charge is 2.15. The number of hydrogen-bond donors (Lipinski definition) is 2. The van der Waals surface area contributed by atoms with Crippen molar-refractivity contribution < 1.29 is 4.79 Å². The van der Waals surface area contributed by atoms with Gasteiger partial charge in [-0.15, -0.1) is 6.58 Å². The van der Waals surface area contributed by atoms with Gasteiger partial charge < -0.3 is 10.6 Å². The van der Waals surface area contributed by atoms with E-state index in [-0.39, 0.29) is 12.1 Å². The molecule has 0 heterocycles. The fourth-order valence-corrected chi connectivity index (χ4v) is 1.74. The summed E-state index contributed by atoms with van der Waals surface area (Å²) >= 11 is 0. The molecular weight excluding hydrogens is 176 g/mol. The second-order valence-corrected chi connectivity index (χ2v) is 3.98. The van der Waals surface area contributed by atoms with Crippen LogP contribution >= 0.6 is 0 Å². The van der Waals surface area contributed by atoms with Crippen LogP contribution in [0.2, 0.25) is 0 Å². The first-order chi connectivity index (χ1) is 6.72. The molecule has 0 aliphatic heterocycles. The molecule has 0 aromatic carbocycles. The van der Waals surface area contributed by atoms with Gasteiger partial charge in [0.1, 0.15) is 0 Å². The van der Waals surface area contributed by atoms with Crippen LogP contribution in [0.25, 0.3) is 0 Å². The predicted molar refractivity (Wildman–Crippen MR) is 58.2 cm³/mol. The van der Waals surface area contributed by atoms with Crippen LogP contribution in [0.1, 0.15) is 39.0 Å². The molecule has 1 atom stereocenters. The van der Waals surface area contributed by atoms with E-state index < -0.39 is 0 Å². The molecule has 1 rings (SSSR count). The van der Waals surface area contributed by atoms with E-state index in [0.717, 1.165) is 12.8 Å². The number of urea groups is 1. The first kappa shape index (κ1) is 11.1. The summed E-state index contributed by atoms with van der Waals surface area (Å²) in [7, 11) is 0. The molecule has 0 aromatic heterocycles. The summed E-state index contributed by atoms with van der Waals surface area (Å²) in [6.45, 7) is 5.53. The number of nitrogens with one attached hydrogen (secondary N) is 2. The minimum absolute atomic E-state index is 0.0404. The Hall–Kier alpha value is -0.990. The molecule has 2 amide bonds. The van der Waals surface area contributed by atoms with Gasteiger partial charge in [0, 0.05) is 12.1 Å². The highest BCUT2D eigenvalue weighted by molar-refractivity contribution is 5.74. The lowest BCUT2D eigenvalue weighted by atomic mass is 9.96. The van der Waals surface area contributed by atoms with Gasteiger partial charge in [-0.05, 0) is 19.8 Å². The van der Waals surface area contributed by atoms with E-state index in [9.17, 15) is 4.79 Å². The van der Waals surface area contributed by atoms with Gasteiger partial charge in [-0.1, -0.05) is 25.3 Å². The molecule has 0 bridgehead atoms. The molecule has 3 heteroatoms. The van der Waals surface area contributed by atoms with Crippen molar-refractivity contribution in [2.24, 2.45) is 0 Å². The molecule has 2 N–H and O–H groups in total. The zero-order valence-corrected chi connectivity index (χ0v) is 8.88. The van der Waals surface area contributed by atoms with Gasteiger partial charge in [0.2, 0.25) is 0 Å². The molecule has 1 aliphatic carbocycles. The first-order valence-corrected chi connectivity index (χ1v) is 5.42. The van der Waals surface area contributed by atoms with Crippen molar-refractivity contribution >= 4 is 6.03 Å². The molecule has 0 saturated heterocycles. The van der Waals surface area contributed by atoms with Gasteiger partial charge in [0.15, 0.2) is 0 Å². The minimum Gasteiger partial charge on any atom is -0.335 e. The van der Waals surface area contributed by atoms with E-state index in [1.54, 1.807) is 6.08 Å². The van der Waals surface area contributed by atoms with E-state index in [0.29, 0.717) is 6.04 Å². The molecule has 3 nitrogen and oxygen atoms in total. The highest BCUT2D eigenvalue weighted by atomic mass is 16.2. The van der Waals surface area contributed by atoms with Gasteiger partial charge in [0.25, 0.3) is 0 Å². The summed E-state index contributed by atoms with van der Waals surface area (Å²) in [6, 6.07) is 0.351. The third-order valence-electron chi connectivity index (χ3n) is 2.65. The van der Waals surface area contributed by atoms with Crippen molar-refractivity contribution in [3.8, 4) is 0 Å². The van der Waals surface area contributed by atoms with Crippen LogP contribution in [0, 0.1) is 0 Å². The van der Waals surface area contributed by atoms with Gasteiger partial charge in [-0.2, -0.15) is 0 Å². The molecule has 1 unspecified atom stereocenters. The van der Waals surface area contributed by atoms with Crippen molar-refractivity contribution in [3.63, 3.8) is 0 Å². The number of hydrogen-bond acceptors (Lipinski definition) is 1. The number of carbonyl (C=O) groups excluding carboxylic acids is 1. The van der Waals surface area contributed by atoms with Gasteiger partial charge in [-0.25, -0.2) is 4.79 Å². The lowest BCUT2D eigenvalue weighted by molar-refractivity contribution is 0.231. The Balaban J connectivity index is 2.21. The highest BCUT2D eigenvalue weighted by Crippen LogP contribution is 2.17. The molecule has 0 spiro atoms. The number of amides is 2. The molecule has 1 aliphatic rings. The summed E-state index contributed by atoms with van der Waals surface area (Å²) in [4.78, 5) is 11.4. The Morgan fingerprint density at radius 3 is 2.64 bits per heavy atom. The topological polar surface area (TPSA) is 41.1 Å². The van der Waals surface area contributed by atoms with Crippen molar-refractivity contribution in [2.45, 2.75) is 51.1 Å². The average Bonchev–Trinajstić information content (AvgIpc) is 2.19. The van der Waals surface area contributed by atoms with Crippen LogP contribution in [-0.4, -0.2) is 18.1 Å². The van der Waals surface area contributed by atoms with Crippen LogP contribution in [-0.2, 0) is 0 Å². The monoisotopic (exact) mass is 196 g/mol. The molecular formula is C11H20N2O. The van der Waals surface area contributed by atoms with Crippen LogP contribution in [0.3, 0.4) is 0 Å². The van der Waals surface area contributed by atoms with E-state index in [1.165, 1.54) is 19.3 Å². The molecule has 80 valence electrons. The fourth-order valence-electron chi connectivity index (χ4n) is 1.74. The van der Waals surface area contributed by atoms with Crippen LogP contribution in [0.5, 0.6) is 0 Å². The molecule has 1 saturated carbocycles. The lowest BCUT2D eigenvalue weighted by Crippen LogP contribution is -2.45. The van der Waals surface area contributed by atoms with Crippen molar-refractivity contribution in [1.82, 2.24) is 10.6 Å². The summed E-state index contributed by atoms with van der Waals surface area (Å²) in [5, 5.41) is 5.79. The number of rotatable bonds is 3. The average molecular weight is 196 g/mol. The summed E-state index contributed by atoms with van der Waals surface area (Å²) in [5.41, 5.74) is 0. The molecule has 14 heavy (non-hydrogen) atoms. The second kappa shape index (κ2) is 5.68. The normalized spacial score (nSPS) is 19.8. The lowest BCUT2D eigenvalue weighted by Gasteiger charge is -2.23. The Morgan fingerprint density at radius 2 is 2.07 bits per heavy atom. The second-order valence-electron chi connectivity index (χ2n) is 3.98. The van der Waals surface area contributed by atoms with Crippen molar-refractivity contribution in [1.29, 1.82) is 0 Å². The van der Waals surface area contributed by atoms with Crippen LogP contribution in [0.4, 0.5) is 4.79 Å². The Morgan fingerprint density at radius 1 is 1.43 bits per heavy atom. The fraction of sp³-hybridized carbons (Fsp3) is 0.727. The van der Waals surface area contributed by atoms with E-state index >= 15 is 0 Å². The zero-order valence-electron chi connectivity index (χ0n) is 8.88. The summed E-state index contributed by atoms with van der Waals surface area (Å²) < 4.78 is 0. The maximum Gasteiger partial charge on any atom is 0.315 e. The standard InChI is InChI=1S/C11H20N2O/c1-3-9(2)12-11(14)13-10-7-5-4-6-8-10/h3,9-10H,1,4-8H2,2H3,(H2,12,13,14). The molecule has 0 aromatic rings. The Bertz CT molecular complexity index is 197. The quantitative estimate of drug-likeness (QED) is 0.667. The third kappa shape index (κ3) is 3.81. The van der Waals surface area contributed by atoms with E-state index in [4.69, 9.17) is 0 Å². The maximum atomic E-state index is 11.4. The van der Waals surface area contributed by atoms with Gasteiger partial charge in [-0.3, -0.25) is 0 Å². The largest absolute Gasteiger partial charge is 0.335 e. The SMILES string of the molecule is C=CC(C)NC(=O)NC1CCCCC1. The summed E-state index contributed by atoms with van der Waals surface area (Å²) in [6.07, 6.45) is 7.75. The molecule has 0 radical (unpaired) electrons. The van der Waals surface area contributed by atoms with Gasteiger partial charge >= 0.3 is 6.03 Å². The minimum atomic E-state index is -0.0655. The van der Waals surface area contributed by atoms with E-state index in [2.05, 4.69) is 17.2 Å². The predicted octanol–water partition coefficient (Wildman–Crippen LogP) is 2.19. The van der Waals surface area contributed by atoms with Crippen LogP contribution < -0.4 is 10.6 Å².